The van der Waals surface area contributed by atoms with Crippen molar-refractivity contribution in [2.45, 2.75) is 116 Å². The van der Waals surface area contributed by atoms with E-state index in [9.17, 15) is 0 Å². The van der Waals surface area contributed by atoms with Gasteiger partial charge in [0, 0.05) is 0 Å². The van der Waals surface area contributed by atoms with Crippen molar-refractivity contribution >= 4 is 43.8 Å². The maximum atomic E-state index is 2.82. The number of unbranched alkanes of at least 4 members (excludes halogenated alkanes) is 1. The van der Waals surface area contributed by atoms with Crippen LogP contribution in [0.2, 0.25) is 9.26 Å². The Bertz CT molecular complexity index is 2060. The third kappa shape index (κ3) is 7.76. The molecule has 0 heterocycles. The zero-order chi connectivity index (χ0) is 36.4. The predicted molar refractivity (Wildman–Crippen MR) is 236 cm³/mol. The van der Waals surface area contributed by atoms with Crippen molar-refractivity contribution in [2.75, 3.05) is 0 Å². The Labute approximate surface area is 331 Å². The molecule has 0 aliphatic heterocycles. The standard InChI is InChI=1S/C24H29.C22H25.2CH3.2ClH.H2Si.Zr/c1-6-7-8-18-15-22-17(2)9-14-21(23(22)16-18)19-10-12-20(13-11-19)24(3,4)5;1-15(2)18-13-17-7-6-8-20(21(17)14-18)16-9-11-19(12-10-16)22(3,4)5;;;;;;/h9-16H,6-8H2,1-5H3;6-15H,1-5H3;2*1H3;2*1H;1H2;. The number of hydrogen-bond acceptors (Lipinski definition) is 0. The van der Waals surface area contributed by atoms with E-state index in [1.165, 1.54) is 69.3 Å². The third-order valence-corrected chi connectivity index (χ3v) is 29.5. The van der Waals surface area contributed by atoms with Crippen LogP contribution in [0.4, 0.5) is 0 Å². The minimum Gasteiger partial charge on any atom is -0.147 e. The summed E-state index contributed by atoms with van der Waals surface area (Å²) in [4.78, 5) is 0. The van der Waals surface area contributed by atoms with Gasteiger partial charge in [0.2, 0.25) is 0 Å². The van der Waals surface area contributed by atoms with Crippen LogP contribution in [0.3, 0.4) is 0 Å². The van der Waals surface area contributed by atoms with Gasteiger partial charge in [-0.15, -0.1) is 24.8 Å². The van der Waals surface area contributed by atoms with E-state index in [4.69, 9.17) is 0 Å². The minimum absolute atomic E-state index is 0. The maximum absolute atomic E-state index is 3.79. The van der Waals surface area contributed by atoms with Gasteiger partial charge in [-0.3, -0.25) is 0 Å². The molecular weight excluding hydrogens is 767 g/mol. The van der Waals surface area contributed by atoms with Gasteiger partial charge in [0.25, 0.3) is 0 Å². The maximum Gasteiger partial charge on any atom is -0.147 e. The molecule has 2 aliphatic rings. The summed E-state index contributed by atoms with van der Waals surface area (Å²) in [6.07, 6.45) is 8.98. The fraction of sp³-hybridized carbons (Fsp3) is 0.417. The first-order valence-corrected chi connectivity index (χ1v) is 33.0. The molecule has 0 saturated heterocycles. The van der Waals surface area contributed by atoms with E-state index in [2.05, 4.69) is 176 Å². The smallest absolute Gasteiger partial charge is 0.147 e. The van der Waals surface area contributed by atoms with Crippen LogP contribution in [0.15, 0.2) is 90.0 Å². The topological polar surface area (TPSA) is 0 Å². The molecule has 2 unspecified atom stereocenters. The Hall–Kier alpha value is -1.96. The van der Waals surface area contributed by atoms with Crippen molar-refractivity contribution in [1.82, 2.24) is 0 Å². The van der Waals surface area contributed by atoms with E-state index < -0.39 is 17.4 Å². The molecule has 4 aromatic rings. The first-order chi connectivity index (χ1) is 23.3. The Morgan fingerprint density at radius 2 is 1.19 bits per heavy atom. The number of fused-ring (bicyclic) bond motifs is 2. The van der Waals surface area contributed by atoms with Crippen LogP contribution in [0.25, 0.3) is 34.4 Å². The van der Waals surface area contributed by atoms with E-state index in [-0.39, 0.29) is 35.6 Å². The van der Waals surface area contributed by atoms with Gasteiger partial charge in [-0.05, 0) is 0 Å². The molecule has 0 bridgehead atoms. The van der Waals surface area contributed by atoms with Gasteiger partial charge in [-0.2, -0.15) is 0 Å². The fourth-order valence-electron chi connectivity index (χ4n) is 9.37. The van der Waals surface area contributed by atoms with E-state index in [0.29, 0.717) is 13.2 Å². The molecule has 4 heteroatoms. The van der Waals surface area contributed by atoms with Crippen LogP contribution in [-0.2, 0) is 28.2 Å². The van der Waals surface area contributed by atoms with Gasteiger partial charge in [0.15, 0.2) is 0 Å². The van der Waals surface area contributed by atoms with Gasteiger partial charge in [0.05, 0.1) is 0 Å². The van der Waals surface area contributed by atoms with Crippen molar-refractivity contribution in [1.29, 1.82) is 0 Å². The first-order valence-electron chi connectivity index (χ1n) is 19.3. The summed E-state index contributed by atoms with van der Waals surface area (Å²) in [5.41, 5.74) is 19.6. The molecular formula is C48H64Cl2SiZr. The summed E-state index contributed by atoms with van der Waals surface area (Å²) in [7, 11) is 0. The quantitative estimate of drug-likeness (QED) is 0.155. The molecule has 52 heavy (non-hydrogen) atoms. The molecule has 278 valence electrons. The zero-order valence-corrected chi connectivity index (χ0v) is 39.5. The Morgan fingerprint density at radius 1 is 0.673 bits per heavy atom. The average molecular weight is 831 g/mol. The van der Waals surface area contributed by atoms with Gasteiger partial charge < -0.3 is 0 Å². The van der Waals surface area contributed by atoms with Crippen LogP contribution >= 0.6 is 24.8 Å². The van der Waals surface area contributed by atoms with Crippen LogP contribution in [-0.4, -0.2) is 6.88 Å². The van der Waals surface area contributed by atoms with Gasteiger partial charge in [-0.1, -0.05) is 0 Å². The van der Waals surface area contributed by atoms with E-state index in [1.54, 1.807) is 22.3 Å². The Kier molecular flexibility index (Phi) is 12.6. The van der Waals surface area contributed by atoms with Gasteiger partial charge in [-0.25, -0.2) is 0 Å². The van der Waals surface area contributed by atoms with Crippen molar-refractivity contribution in [3.8, 4) is 22.3 Å². The minimum atomic E-state index is -3.79. The molecule has 4 aromatic carbocycles. The number of benzene rings is 4. The number of aryl methyl sites for hydroxylation is 1. The molecule has 0 aromatic heterocycles. The first kappa shape index (κ1) is 42.8. The molecule has 0 amide bonds. The van der Waals surface area contributed by atoms with Gasteiger partial charge in [0.1, 0.15) is 0 Å². The molecule has 6 rings (SSSR count). The number of allylic oxidation sites excluding steroid dienone is 2. The Morgan fingerprint density at radius 3 is 1.67 bits per heavy atom. The second-order valence-corrected chi connectivity index (χ2v) is 49.6. The fourth-order valence-corrected chi connectivity index (χ4v) is 29.3. The predicted octanol–water partition coefficient (Wildman–Crippen LogP) is 14.5. The normalized spacial score (nSPS) is 17.2. The second kappa shape index (κ2) is 15.3. The molecule has 0 N–H and O–H groups in total. The second-order valence-electron chi connectivity index (χ2n) is 19.1. The summed E-state index contributed by atoms with van der Waals surface area (Å²) in [5.74, 6) is 0.499. The van der Waals surface area contributed by atoms with Crippen molar-refractivity contribution in [3.05, 3.63) is 129 Å². The van der Waals surface area contributed by atoms with Crippen molar-refractivity contribution in [3.63, 3.8) is 0 Å². The van der Waals surface area contributed by atoms with Crippen LogP contribution in [0, 0.1) is 12.8 Å². The van der Waals surface area contributed by atoms with Crippen molar-refractivity contribution in [2.24, 2.45) is 5.92 Å². The summed E-state index contributed by atoms with van der Waals surface area (Å²) in [6.45, 7) is 26.0. The molecule has 0 radical (unpaired) electrons. The van der Waals surface area contributed by atoms with Gasteiger partial charge >= 0.3 is 309 Å². The molecule has 0 nitrogen and oxygen atoms in total. The number of rotatable bonds is 8. The Balaban J connectivity index is 0.00000302. The summed E-state index contributed by atoms with van der Waals surface area (Å²) >= 11 is -3.79. The molecule has 2 atom stereocenters. The van der Waals surface area contributed by atoms with E-state index in [0.717, 1.165) is 0 Å². The van der Waals surface area contributed by atoms with Crippen LogP contribution in [0.1, 0.15) is 128 Å². The third-order valence-electron chi connectivity index (χ3n) is 12.1. The summed E-state index contributed by atoms with van der Waals surface area (Å²) in [6, 6.07) is 30.9. The van der Waals surface area contributed by atoms with E-state index in [1.807, 2.05) is 0 Å². The zero-order valence-electron chi connectivity index (χ0n) is 34.0. The summed E-state index contributed by atoms with van der Waals surface area (Å²) < 4.78 is 6.68. The molecule has 2 aliphatic carbocycles. The van der Waals surface area contributed by atoms with E-state index >= 15 is 0 Å². The SMILES string of the molecule is CCCCC1=Cc2c(-c3ccc(C(C)(C)C)cc3)ccc(C)c2[CH]1[Zr]([CH3])([CH3])(=[SiH2])[CH]1C(C(C)C)=Cc2c(-c3ccc(C(C)(C)C)cc3)cccc21.Cl.Cl. The molecule has 0 saturated carbocycles. The van der Waals surface area contributed by atoms with Crippen LogP contribution in [0.5, 0.6) is 0 Å². The average Bonchev–Trinajstić information content (AvgIpc) is 3.65. The largest absolute Gasteiger partial charge is 0.147 e. The molecule has 0 spiro atoms. The van der Waals surface area contributed by atoms with Crippen LogP contribution < -0.4 is 0 Å². The summed E-state index contributed by atoms with van der Waals surface area (Å²) in [5, 5.41) is 0. The van der Waals surface area contributed by atoms with Crippen molar-refractivity contribution < 1.29 is 17.4 Å². The molecule has 0 fully saturated rings. The number of halogens is 2. The number of hydrogen-bond donors (Lipinski definition) is 0. The monoisotopic (exact) mass is 828 g/mol.